The standard InChI is InChI=1S/C24H32N2O2/c1-3-18-8-4-7-11-21(18)28-17-16-26(2)22-19-9-5-6-10-20(19)24(23(22)27)12-14-25-15-13-24/h4-11,22-23,25,27H,3,12-17H2,1-2H3/t22-,23+/m0/s1. The first-order valence-corrected chi connectivity index (χ1v) is 10.6. The van der Waals surface area contributed by atoms with Gasteiger partial charge in [-0.1, -0.05) is 49.4 Å². The van der Waals surface area contributed by atoms with Crippen molar-refractivity contribution in [2.24, 2.45) is 0 Å². The average Bonchev–Trinajstić information content (AvgIpc) is 2.97. The number of hydrogen-bond acceptors (Lipinski definition) is 4. The van der Waals surface area contributed by atoms with E-state index in [9.17, 15) is 5.11 Å². The number of piperidine rings is 1. The van der Waals surface area contributed by atoms with Crippen LogP contribution in [0, 0.1) is 0 Å². The van der Waals surface area contributed by atoms with Gasteiger partial charge in [-0.3, -0.25) is 4.90 Å². The zero-order valence-corrected chi connectivity index (χ0v) is 17.0. The fourth-order valence-electron chi connectivity index (χ4n) is 5.13. The number of aliphatic hydroxyl groups excluding tert-OH is 1. The van der Waals surface area contributed by atoms with E-state index in [1.165, 1.54) is 16.7 Å². The lowest BCUT2D eigenvalue weighted by molar-refractivity contribution is 0.00356. The van der Waals surface area contributed by atoms with E-state index in [1.807, 2.05) is 12.1 Å². The second-order valence-electron chi connectivity index (χ2n) is 8.17. The Morgan fingerprint density at radius 1 is 1.11 bits per heavy atom. The topological polar surface area (TPSA) is 44.7 Å². The van der Waals surface area contributed by atoms with Crippen LogP contribution in [0.4, 0.5) is 0 Å². The summed E-state index contributed by atoms with van der Waals surface area (Å²) in [6.45, 7) is 5.49. The molecule has 4 nitrogen and oxygen atoms in total. The van der Waals surface area contributed by atoms with Crippen molar-refractivity contribution >= 4 is 0 Å². The van der Waals surface area contributed by atoms with Crippen LogP contribution in [-0.2, 0) is 11.8 Å². The molecule has 1 aliphatic carbocycles. The Hall–Kier alpha value is -1.88. The van der Waals surface area contributed by atoms with Crippen LogP contribution in [0.3, 0.4) is 0 Å². The van der Waals surface area contributed by atoms with Gasteiger partial charge in [0.05, 0.1) is 12.1 Å². The van der Waals surface area contributed by atoms with E-state index >= 15 is 0 Å². The molecule has 2 aliphatic rings. The van der Waals surface area contributed by atoms with Crippen molar-refractivity contribution in [1.29, 1.82) is 0 Å². The number of hydrogen-bond donors (Lipinski definition) is 2. The Bertz CT molecular complexity index is 801. The number of nitrogens with zero attached hydrogens (tertiary/aromatic N) is 1. The van der Waals surface area contributed by atoms with Crippen molar-refractivity contribution in [2.75, 3.05) is 33.3 Å². The lowest BCUT2D eigenvalue weighted by atomic mass is 9.72. The van der Waals surface area contributed by atoms with Gasteiger partial charge < -0.3 is 15.2 Å². The van der Waals surface area contributed by atoms with Crippen LogP contribution in [0.2, 0.25) is 0 Å². The van der Waals surface area contributed by atoms with E-state index in [2.05, 4.69) is 60.6 Å². The molecule has 1 spiro atoms. The summed E-state index contributed by atoms with van der Waals surface area (Å²) in [5.41, 5.74) is 3.76. The van der Waals surface area contributed by atoms with Crippen molar-refractivity contribution in [3.05, 3.63) is 65.2 Å². The van der Waals surface area contributed by atoms with E-state index in [0.29, 0.717) is 6.61 Å². The van der Waals surface area contributed by atoms with Gasteiger partial charge in [-0.25, -0.2) is 0 Å². The van der Waals surface area contributed by atoms with E-state index < -0.39 is 0 Å². The molecular weight excluding hydrogens is 348 g/mol. The lowest BCUT2D eigenvalue weighted by Crippen LogP contribution is -2.48. The molecule has 0 saturated carbocycles. The van der Waals surface area contributed by atoms with Gasteiger partial charge >= 0.3 is 0 Å². The third-order valence-electron chi connectivity index (χ3n) is 6.71. The van der Waals surface area contributed by atoms with Gasteiger partial charge in [0.1, 0.15) is 12.4 Å². The maximum Gasteiger partial charge on any atom is 0.122 e. The SMILES string of the molecule is CCc1ccccc1OCCN(C)[C@H]1c2ccccc2C2(CCNCC2)[C@@H]1O. The molecule has 1 heterocycles. The van der Waals surface area contributed by atoms with Gasteiger partial charge in [0.25, 0.3) is 0 Å². The summed E-state index contributed by atoms with van der Waals surface area (Å²) >= 11 is 0. The quantitative estimate of drug-likeness (QED) is 0.807. The summed E-state index contributed by atoms with van der Waals surface area (Å²) in [6.07, 6.45) is 2.59. The molecule has 4 heteroatoms. The Morgan fingerprint density at radius 3 is 2.61 bits per heavy atom. The van der Waals surface area contributed by atoms with Crippen LogP contribution in [0.15, 0.2) is 48.5 Å². The first-order chi connectivity index (χ1) is 13.7. The molecule has 150 valence electrons. The molecule has 0 amide bonds. The Morgan fingerprint density at radius 2 is 1.82 bits per heavy atom. The minimum absolute atomic E-state index is 0.0271. The summed E-state index contributed by atoms with van der Waals surface area (Å²) < 4.78 is 6.09. The molecule has 4 rings (SSSR count). The van der Waals surface area contributed by atoms with E-state index in [-0.39, 0.29) is 17.6 Å². The largest absolute Gasteiger partial charge is 0.492 e. The van der Waals surface area contributed by atoms with Crippen LogP contribution in [-0.4, -0.2) is 49.4 Å². The smallest absolute Gasteiger partial charge is 0.122 e. The van der Waals surface area contributed by atoms with Crippen LogP contribution in [0.5, 0.6) is 5.75 Å². The van der Waals surface area contributed by atoms with Crippen molar-refractivity contribution in [3.8, 4) is 5.75 Å². The Balaban J connectivity index is 1.49. The zero-order valence-electron chi connectivity index (χ0n) is 17.0. The molecule has 1 saturated heterocycles. The summed E-state index contributed by atoms with van der Waals surface area (Å²) in [5.74, 6) is 0.973. The lowest BCUT2D eigenvalue weighted by Gasteiger charge is -2.40. The number of aryl methyl sites for hydroxylation is 1. The molecule has 0 radical (unpaired) electrons. The van der Waals surface area contributed by atoms with Crippen molar-refractivity contribution in [2.45, 2.75) is 43.7 Å². The number of likely N-dealkylation sites (N-methyl/N-ethyl adjacent to an activating group) is 1. The monoisotopic (exact) mass is 380 g/mol. The number of nitrogens with one attached hydrogen (secondary N) is 1. The van der Waals surface area contributed by atoms with Gasteiger partial charge in [0, 0.05) is 12.0 Å². The first-order valence-electron chi connectivity index (χ1n) is 10.6. The third kappa shape index (κ3) is 3.34. The Labute approximate surface area is 168 Å². The zero-order chi connectivity index (χ0) is 19.6. The number of fused-ring (bicyclic) bond motifs is 2. The van der Waals surface area contributed by atoms with Gasteiger partial charge in [-0.15, -0.1) is 0 Å². The molecule has 1 aliphatic heterocycles. The van der Waals surface area contributed by atoms with Crippen LogP contribution >= 0.6 is 0 Å². The molecular formula is C24H32N2O2. The molecule has 2 aromatic carbocycles. The second-order valence-corrected chi connectivity index (χ2v) is 8.17. The maximum absolute atomic E-state index is 11.4. The van der Waals surface area contributed by atoms with Crippen LogP contribution < -0.4 is 10.1 Å². The molecule has 2 atom stereocenters. The minimum Gasteiger partial charge on any atom is -0.492 e. The number of benzene rings is 2. The van der Waals surface area contributed by atoms with E-state index in [0.717, 1.165) is 44.6 Å². The first kappa shape index (κ1) is 19.4. The predicted molar refractivity (Wildman–Crippen MR) is 113 cm³/mol. The van der Waals surface area contributed by atoms with Gasteiger partial charge in [0.15, 0.2) is 0 Å². The highest BCUT2D eigenvalue weighted by atomic mass is 16.5. The predicted octanol–water partition coefficient (Wildman–Crippen LogP) is 3.30. The maximum atomic E-state index is 11.4. The minimum atomic E-state index is -0.375. The number of para-hydroxylation sites is 1. The molecule has 2 N–H and O–H groups in total. The fourth-order valence-corrected chi connectivity index (χ4v) is 5.13. The van der Waals surface area contributed by atoms with Crippen LogP contribution in [0.25, 0.3) is 0 Å². The molecule has 0 unspecified atom stereocenters. The van der Waals surface area contributed by atoms with Crippen molar-refractivity contribution in [3.63, 3.8) is 0 Å². The summed E-state index contributed by atoms with van der Waals surface area (Å²) in [5, 5.41) is 14.9. The van der Waals surface area contributed by atoms with Crippen molar-refractivity contribution < 1.29 is 9.84 Å². The number of ether oxygens (including phenoxy) is 1. The van der Waals surface area contributed by atoms with E-state index in [4.69, 9.17) is 4.74 Å². The number of aliphatic hydroxyl groups is 1. The summed E-state index contributed by atoms with van der Waals surface area (Å²) in [6, 6.07) is 16.9. The van der Waals surface area contributed by atoms with Crippen LogP contribution in [0.1, 0.15) is 42.5 Å². The number of rotatable bonds is 6. The third-order valence-corrected chi connectivity index (χ3v) is 6.71. The molecule has 1 fully saturated rings. The average molecular weight is 381 g/mol. The van der Waals surface area contributed by atoms with Gasteiger partial charge in [-0.05, 0) is 62.2 Å². The second kappa shape index (κ2) is 8.24. The molecule has 28 heavy (non-hydrogen) atoms. The summed E-state index contributed by atoms with van der Waals surface area (Å²) in [4.78, 5) is 2.27. The molecule has 0 aromatic heterocycles. The summed E-state index contributed by atoms with van der Waals surface area (Å²) in [7, 11) is 2.11. The van der Waals surface area contributed by atoms with Gasteiger partial charge in [-0.2, -0.15) is 0 Å². The highest BCUT2D eigenvalue weighted by Gasteiger charge is 2.52. The molecule has 0 bridgehead atoms. The Kier molecular flexibility index (Phi) is 5.72. The highest BCUT2D eigenvalue weighted by molar-refractivity contribution is 5.45. The normalized spacial score (nSPS) is 23.1. The highest BCUT2D eigenvalue weighted by Crippen LogP contribution is 2.51. The van der Waals surface area contributed by atoms with Gasteiger partial charge in [0.2, 0.25) is 0 Å². The molecule has 2 aromatic rings. The van der Waals surface area contributed by atoms with Crippen molar-refractivity contribution in [1.82, 2.24) is 10.2 Å². The fraction of sp³-hybridized carbons (Fsp3) is 0.500. The van der Waals surface area contributed by atoms with E-state index in [1.54, 1.807) is 0 Å².